The van der Waals surface area contributed by atoms with Gasteiger partial charge in [0.1, 0.15) is 11.2 Å². The van der Waals surface area contributed by atoms with Crippen LogP contribution in [-0.4, -0.2) is 22.5 Å². The summed E-state index contributed by atoms with van der Waals surface area (Å²) >= 11 is 7.24. The van der Waals surface area contributed by atoms with Crippen LogP contribution in [0, 0.1) is 0 Å². The molecule has 5 nitrogen and oxygen atoms in total. The zero-order valence-electron chi connectivity index (χ0n) is 15.0. The van der Waals surface area contributed by atoms with Gasteiger partial charge in [-0.25, -0.2) is 9.97 Å². The van der Waals surface area contributed by atoms with E-state index >= 15 is 0 Å². The van der Waals surface area contributed by atoms with E-state index in [9.17, 15) is 18.0 Å². The molecule has 1 aliphatic rings. The second kappa shape index (κ2) is 7.79. The van der Waals surface area contributed by atoms with Crippen LogP contribution in [0.2, 0.25) is 5.02 Å². The summed E-state index contributed by atoms with van der Waals surface area (Å²) in [7, 11) is 0. The number of carbonyl (C=O) groups excluding carboxylic acids is 1. The van der Waals surface area contributed by atoms with E-state index in [1.165, 1.54) is 17.3 Å². The monoisotopic (exact) mass is 441 g/mol. The van der Waals surface area contributed by atoms with Crippen LogP contribution in [0.25, 0.3) is 10.2 Å². The molecule has 29 heavy (non-hydrogen) atoms. The predicted octanol–water partition coefficient (Wildman–Crippen LogP) is 5.26. The van der Waals surface area contributed by atoms with E-state index in [0.717, 1.165) is 53.6 Å². The lowest BCUT2D eigenvalue weighted by molar-refractivity contribution is -0.137. The summed E-state index contributed by atoms with van der Waals surface area (Å²) in [6, 6.07) is 3.16. The molecule has 10 heteroatoms. The van der Waals surface area contributed by atoms with Crippen molar-refractivity contribution in [1.29, 1.82) is 0 Å². The number of anilines is 1. The summed E-state index contributed by atoms with van der Waals surface area (Å²) in [5.74, 6) is -0.453. The van der Waals surface area contributed by atoms with Gasteiger partial charge in [-0.2, -0.15) is 13.2 Å². The van der Waals surface area contributed by atoms with Crippen LogP contribution in [0.15, 0.2) is 24.5 Å². The minimum Gasteiger partial charge on any atom is -0.467 e. The van der Waals surface area contributed by atoms with Crippen molar-refractivity contribution in [3.63, 3.8) is 0 Å². The summed E-state index contributed by atoms with van der Waals surface area (Å²) in [5, 5.41) is 2.96. The topological polar surface area (TPSA) is 64.1 Å². The number of alkyl halides is 3. The number of thiophene rings is 1. The van der Waals surface area contributed by atoms with Gasteiger partial charge in [0.15, 0.2) is 6.61 Å². The number of nitrogens with zero attached hydrogens (tertiary/aromatic N) is 2. The molecule has 1 amide bonds. The Morgan fingerprint density at radius 3 is 2.83 bits per heavy atom. The van der Waals surface area contributed by atoms with Gasteiger partial charge in [-0.15, -0.1) is 11.3 Å². The highest BCUT2D eigenvalue weighted by atomic mass is 35.5. The number of carbonyl (C=O) groups is 1. The molecule has 1 N–H and O–H groups in total. The van der Waals surface area contributed by atoms with Gasteiger partial charge < -0.3 is 10.1 Å². The van der Waals surface area contributed by atoms with Gasteiger partial charge in [-0.3, -0.25) is 4.79 Å². The molecule has 0 saturated carbocycles. The number of amides is 1. The maximum atomic E-state index is 13.2. The molecule has 0 atom stereocenters. The SMILES string of the molecule is O=C(COc1ncnc2sc3c(c12)CCCC3)Nc1ccc(Cl)cc1C(F)(F)F. The van der Waals surface area contributed by atoms with Crippen molar-refractivity contribution in [3.05, 3.63) is 45.6 Å². The molecule has 1 aliphatic carbocycles. The van der Waals surface area contributed by atoms with Gasteiger partial charge >= 0.3 is 6.18 Å². The van der Waals surface area contributed by atoms with Crippen LogP contribution < -0.4 is 10.1 Å². The number of halogens is 4. The average Bonchev–Trinajstić information content (AvgIpc) is 3.06. The zero-order valence-corrected chi connectivity index (χ0v) is 16.5. The van der Waals surface area contributed by atoms with Crippen molar-refractivity contribution in [2.75, 3.05) is 11.9 Å². The number of nitrogens with one attached hydrogen (secondary N) is 1. The maximum absolute atomic E-state index is 13.2. The summed E-state index contributed by atoms with van der Waals surface area (Å²) < 4.78 is 45.1. The van der Waals surface area contributed by atoms with E-state index in [0.29, 0.717) is 0 Å². The highest BCUT2D eigenvalue weighted by Crippen LogP contribution is 2.39. The van der Waals surface area contributed by atoms with Gasteiger partial charge in [0, 0.05) is 9.90 Å². The third kappa shape index (κ3) is 4.16. The molecule has 3 aromatic rings. The molecule has 2 heterocycles. The van der Waals surface area contributed by atoms with Crippen LogP contribution >= 0.6 is 22.9 Å². The minimum absolute atomic E-state index is 0.0721. The number of ether oxygens (including phenoxy) is 1. The summed E-state index contributed by atoms with van der Waals surface area (Å²) in [6.07, 6.45) is 0.762. The van der Waals surface area contributed by atoms with E-state index in [1.54, 1.807) is 11.3 Å². The highest BCUT2D eigenvalue weighted by molar-refractivity contribution is 7.18. The number of aromatic nitrogens is 2. The first kappa shape index (κ1) is 19.9. The van der Waals surface area contributed by atoms with Gasteiger partial charge in [-0.05, 0) is 49.4 Å². The lowest BCUT2D eigenvalue weighted by atomic mass is 9.97. The standard InChI is InChI=1S/C19H15ClF3N3O2S/c20-10-5-6-13(12(7-10)19(21,22)23)26-15(27)8-28-17-16-11-3-1-2-4-14(11)29-18(16)25-9-24-17/h5-7,9H,1-4,8H2,(H,26,27). The van der Waals surface area contributed by atoms with Crippen molar-refractivity contribution in [2.45, 2.75) is 31.9 Å². The lowest BCUT2D eigenvalue weighted by Gasteiger charge is -2.15. The normalized spacial score (nSPS) is 13.9. The van der Waals surface area contributed by atoms with Crippen molar-refractivity contribution in [1.82, 2.24) is 9.97 Å². The summed E-state index contributed by atoms with van der Waals surface area (Å²) in [4.78, 5) is 22.7. The van der Waals surface area contributed by atoms with Crippen molar-refractivity contribution in [3.8, 4) is 5.88 Å². The Bertz CT molecular complexity index is 1080. The maximum Gasteiger partial charge on any atom is 0.418 e. The van der Waals surface area contributed by atoms with Gasteiger partial charge in [0.05, 0.1) is 16.6 Å². The van der Waals surface area contributed by atoms with Crippen LogP contribution in [0.3, 0.4) is 0 Å². The second-order valence-corrected chi connectivity index (χ2v) is 8.11. The van der Waals surface area contributed by atoms with Crippen molar-refractivity contribution in [2.24, 2.45) is 0 Å². The zero-order chi connectivity index (χ0) is 20.6. The predicted molar refractivity (Wildman–Crippen MR) is 105 cm³/mol. The molecule has 0 saturated heterocycles. The van der Waals surface area contributed by atoms with E-state index in [2.05, 4.69) is 15.3 Å². The van der Waals surface area contributed by atoms with Crippen LogP contribution in [0.5, 0.6) is 5.88 Å². The van der Waals surface area contributed by atoms with Gasteiger partial charge in [0.25, 0.3) is 5.91 Å². The Labute approximate surface area is 172 Å². The third-order valence-electron chi connectivity index (χ3n) is 4.62. The van der Waals surface area contributed by atoms with Crippen LogP contribution in [0.1, 0.15) is 28.8 Å². The number of hydrogen-bond donors (Lipinski definition) is 1. The van der Waals surface area contributed by atoms with Crippen LogP contribution in [-0.2, 0) is 23.8 Å². The molecule has 0 spiro atoms. The Hall–Kier alpha value is -2.39. The highest BCUT2D eigenvalue weighted by Gasteiger charge is 2.34. The Morgan fingerprint density at radius 2 is 2.03 bits per heavy atom. The molecular formula is C19H15ClF3N3O2S. The summed E-state index contributed by atoms with van der Waals surface area (Å²) in [6.45, 7) is -0.476. The fourth-order valence-electron chi connectivity index (χ4n) is 3.35. The van der Waals surface area contributed by atoms with Crippen molar-refractivity contribution < 1.29 is 22.7 Å². The molecule has 1 aromatic carbocycles. The molecular weight excluding hydrogens is 427 g/mol. The largest absolute Gasteiger partial charge is 0.467 e. The number of hydrogen-bond acceptors (Lipinski definition) is 5. The molecule has 0 unspecified atom stereocenters. The number of benzene rings is 1. The quantitative estimate of drug-likeness (QED) is 0.599. The van der Waals surface area contributed by atoms with Crippen molar-refractivity contribution >= 4 is 44.7 Å². The number of rotatable bonds is 4. The lowest BCUT2D eigenvalue weighted by Crippen LogP contribution is -2.22. The Morgan fingerprint density at radius 1 is 1.24 bits per heavy atom. The van der Waals surface area contributed by atoms with Gasteiger partial charge in [0.2, 0.25) is 5.88 Å². The fourth-order valence-corrected chi connectivity index (χ4v) is 4.74. The third-order valence-corrected chi connectivity index (χ3v) is 6.05. The molecule has 2 aromatic heterocycles. The molecule has 0 bridgehead atoms. The first-order valence-electron chi connectivity index (χ1n) is 8.87. The number of fused-ring (bicyclic) bond motifs is 3. The molecule has 152 valence electrons. The molecule has 0 fully saturated rings. The Balaban J connectivity index is 1.52. The molecule has 4 rings (SSSR count). The fraction of sp³-hybridized carbons (Fsp3) is 0.316. The van der Waals surface area contributed by atoms with E-state index in [-0.39, 0.29) is 16.6 Å². The van der Waals surface area contributed by atoms with Gasteiger partial charge in [-0.1, -0.05) is 11.6 Å². The van der Waals surface area contributed by atoms with E-state index < -0.39 is 24.3 Å². The number of aryl methyl sites for hydroxylation is 2. The first-order chi connectivity index (χ1) is 13.8. The molecule has 0 radical (unpaired) electrons. The smallest absolute Gasteiger partial charge is 0.418 e. The first-order valence-corrected chi connectivity index (χ1v) is 10.1. The summed E-state index contributed by atoms with van der Waals surface area (Å²) in [5.41, 5.74) is -0.254. The van der Waals surface area contributed by atoms with Crippen LogP contribution in [0.4, 0.5) is 18.9 Å². The minimum atomic E-state index is -4.65. The van der Waals surface area contributed by atoms with E-state index in [4.69, 9.17) is 16.3 Å². The Kier molecular flexibility index (Phi) is 5.35. The van der Waals surface area contributed by atoms with E-state index in [1.807, 2.05) is 0 Å². The second-order valence-electron chi connectivity index (χ2n) is 6.59. The molecule has 0 aliphatic heterocycles. The average molecular weight is 442 g/mol.